The average molecular weight is 403 g/mol. The van der Waals surface area contributed by atoms with Crippen molar-refractivity contribution in [1.82, 2.24) is 15.2 Å². The number of carbonyl (C=O) groups excluding carboxylic acids is 1. The van der Waals surface area contributed by atoms with Gasteiger partial charge in [-0.15, -0.1) is 0 Å². The standard InChI is InChI=1S/C19H16Cl2N4O2/c1-27-16-14(20)8-12(9-15(16)21)19(26)22-13-4-2-3-11(7-13)18-23-17(24-25-18)10-5-6-10/h2-4,7-10H,5-6H2,1H3,(H,22,26)(H,23,24,25). The minimum Gasteiger partial charge on any atom is -0.494 e. The minimum atomic E-state index is -0.327. The number of carbonyl (C=O) groups is 1. The van der Waals surface area contributed by atoms with E-state index >= 15 is 0 Å². The SMILES string of the molecule is COc1c(Cl)cc(C(=O)Nc2cccc(-c3n[nH]c(C4CC4)n3)c2)cc1Cl. The molecule has 2 aromatic carbocycles. The molecule has 27 heavy (non-hydrogen) atoms. The first kappa shape index (κ1) is 17.8. The highest BCUT2D eigenvalue weighted by molar-refractivity contribution is 6.37. The number of nitrogens with zero attached hydrogens (tertiary/aromatic N) is 2. The molecule has 0 radical (unpaired) electrons. The van der Waals surface area contributed by atoms with Crippen LogP contribution in [0.2, 0.25) is 10.0 Å². The number of hydrogen-bond acceptors (Lipinski definition) is 4. The number of rotatable bonds is 5. The molecule has 8 heteroatoms. The first-order valence-electron chi connectivity index (χ1n) is 8.42. The summed E-state index contributed by atoms with van der Waals surface area (Å²) in [4.78, 5) is 17.1. The Morgan fingerprint density at radius 1 is 1.22 bits per heavy atom. The molecule has 0 bridgehead atoms. The number of methoxy groups -OCH3 is 1. The highest BCUT2D eigenvalue weighted by Crippen LogP contribution is 2.38. The van der Waals surface area contributed by atoms with Gasteiger partial charge in [0, 0.05) is 22.7 Å². The number of benzene rings is 2. The maximum Gasteiger partial charge on any atom is 0.255 e. The Morgan fingerprint density at radius 2 is 1.96 bits per heavy atom. The number of ether oxygens (including phenoxy) is 1. The molecule has 0 atom stereocenters. The Balaban J connectivity index is 1.54. The monoisotopic (exact) mass is 402 g/mol. The summed E-state index contributed by atoms with van der Waals surface area (Å²) in [5.74, 6) is 2.05. The molecule has 1 aromatic heterocycles. The lowest BCUT2D eigenvalue weighted by atomic mass is 10.1. The number of anilines is 1. The Labute approximate surface area is 165 Å². The molecule has 1 amide bonds. The average Bonchev–Trinajstić information content (AvgIpc) is 3.38. The van der Waals surface area contributed by atoms with E-state index in [2.05, 4.69) is 20.5 Å². The Kier molecular flexibility index (Phi) is 4.76. The van der Waals surface area contributed by atoms with E-state index in [-0.39, 0.29) is 16.0 Å². The third-order valence-electron chi connectivity index (χ3n) is 4.31. The topological polar surface area (TPSA) is 79.9 Å². The van der Waals surface area contributed by atoms with Crippen LogP contribution in [-0.2, 0) is 0 Å². The smallest absolute Gasteiger partial charge is 0.255 e. The van der Waals surface area contributed by atoms with Gasteiger partial charge in [-0.1, -0.05) is 35.3 Å². The van der Waals surface area contributed by atoms with Crippen molar-refractivity contribution in [2.45, 2.75) is 18.8 Å². The molecular formula is C19H16Cl2N4O2. The van der Waals surface area contributed by atoms with Crippen molar-refractivity contribution in [2.24, 2.45) is 0 Å². The molecule has 138 valence electrons. The summed E-state index contributed by atoms with van der Waals surface area (Å²) < 4.78 is 5.10. The van der Waals surface area contributed by atoms with Gasteiger partial charge >= 0.3 is 0 Å². The van der Waals surface area contributed by atoms with Crippen LogP contribution in [0.15, 0.2) is 36.4 Å². The van der Waals surface area contributed by atoms with Gasteiger partial charge in [-0.2, -0.15) is 5.10 Å². The maximum absolute atomic E-state index is 12.6. The quantitative estimate of drug-likeness (QED) is 0.634. The van der Waals surface area contributed by atoms with Crippen LogP contribution in [0.1, 0.15) is 34.9 Å². The molecule has 1 heterocycles. The number of halogens is 2. The van der Waals surface area contributed by atoms with Gasteiger partial charge in [-0.25, -0.2) is 4.98 Å². The Bertz CT molecular complexity index is 991. The van der Waals surface area contributed by atoms with E-state index in [0.29, 0.717) is 28.7 Å². The zero-order valence-electron chi connectivity index (χ0n) is 14.4. The molecule has 6 nitrogen and oxygen atoms in total. The molecule has 4 rings (SSSR count). The number of aromatic nitrogens is 3. The van der Waals surface area contributed by atoms with Crippen LogP contribution in [0.25, 0.3) is 11.4 Å². The summed E-state index contributed by atoms with van der Waals surface area (Å²) in [6.07, 6.45) is 2.30. The van der Waals surface area contributed by atoms with Crippen molar-refractivity contribution in [3.8, 4) is 17.1 Å². The van der Waals surface area contributed by atoms with Gasteiger partial charge in [0.2, 0.25) is 0 Å². The van der Waals surface area contributed by atoms with E-state index in [4.69, 9.17) is 27.9 Å². The van der Waals surface area contributed by atoms with Gasteiger partial charge in [0.05, 0.1) is 17.2 Å². The van der Waals surface area contributed by atoms with Crippen LogP contribution >= 0.6 is 23.2 Å². The highest BCUT2D eigenvalue weighted by atomic mass is 35.5. The van der Waals surface area contributed by atoms with Crippen molar-refractivity contribution < 1.29 is 9.53 Å². The number of aromatic amines is 1. The fourth-order valence-electron chi connectivity index (χ4n) is 2.77. The van der Waals surface area contributed by atoms with Gasteiger partial charge in [0.15, 0.2) is 11.6 Å². The molecule has 1 aliphatic rings. The van der Waals surface area contributed by atoms with Gasteiger partial charge in [-0.05, 0) is 37.1 Å². The Hall–Kier alpha value is -2.57. The predicted octanol–water partition coefficient (Wildman–Crippen LogP) is 4.92. The van der Waals surface area contributed by atoms with Gasteiger partial charge < -0.3 is 10.1 Å². The maximum atomic E-state index is 12.6. The molecular weight excluding hydrogens is 387 g/mol. The number of H-pyrrole nitrogens is 1. The fraction of sp³-hybridized carbons (Fsp3) is 0.211. The predicted molar refractivity (Wildman–Crippen MR) is 105 cm³/mol. The van der Waals surface area contributed by atoms with Crippen LogP contribution < -0.4 is 10.1 Å². The Morgan fingerprint density at radius 3 is 2.63 bits per heavy atom. The third kappa shape index (κ3) is 3.77. The lowest BCUT2D eigenvalue weighted by molar-refractivity contribution is 0.102. The number of nitrogens with one attached hydrogen (secondary N) is 2. The molecule has 0 aliphatic heterocycles. The summed E-state index contributed by atoms with van der Waals surface area (Å²) in [5.41, 5.74) is 1.78. The fourth-order valence-corrected chi connectivity index (χ4v) is 3.41. The second-order valence-electron chi connectivity index (χ2n) is 6.33. The molecule has 0 saturated heterocycles. The van der Waals surface area contributed by atoms with Crippen molar-refractivity contribution in [3.05, 3.63) is 57.8 Å². The lowest BCUT2D eigenvalue weighted by Gasteiger charge is -2.10. The minimum absolute atomic E-state index is 0.275. The van der Waals surface area contributed by atoms with E-state index in [9.17, 15) is 4.79 Å². The van der Waals surface area contributed by atoms with Crippen molar-refractivity contribution in [2.75, 3.05) is 12.4 Å². The summed E-state index contributed by atoms with van der Waals surface area (Å²) in [7, 11) is 1.47. The first-order chi connectivity index (χ1) is 13.0. The largest absolute Gasteiger partial charge is 0.494 e. The van der Waals surface area contributed by atoms with Crippen LogP contribution in [-0.4, -0.2) is 28.2 Å². The van der Waals surface area contributed by atoms with Gasteiger partial charge in [0.1, 0.15) is 5.82 Å². The molecule has 1 aliphatic carbocycles. The van der Waals surface area contributed by atoms with Crippen LogP contribution in [0, 0.1) is 0 Å². The molecule has 1 saturated carbocycles. The second-order valence-corrected chi connectivity index (χ2v) is 7.14. The van der Waals surface area contributed by atoms with E-state index in [1.54, 1.807) is 6.07 Å². The summed E-state index contributed by atoms with van der Waals surface area (Å²) >= 11 is 12.2. The van der Waals surface area contributed by atoms with Gasteiger partial charge in [-0.3, -0.25) is 9.89 Å². The van der Waals surface area contributed by atoms with E-state index < -0.39 is 0 Å². The molecule has 0 unspecified atom stereocenters. The summed E-state index contributed by atoms with van der Waals surface area (Å²) in [5, 5.41) is 10.6. The number of hydrogen-bond donors (Lipinski definition) is 2. The van der Waals surface area contributed by atoms with Crippen molar-refractivity contribution in [1.29, 1.82) is 0 Å². The molecule has 1 fully saturated rings. The number of amides is 1. The lowest BCUT2D eigenvalue weighted by Crippen LogP contribution is -2.12. The molecule has 2 N–H and O–H groups in total. The third-order valence-corrected chi connectivity index (χ3v) is 4.87. The van der Waals surface area contributed by atoms with Crippen LogP contribution in [0.3, 0.4) is 0 Å². The van der Waals surface area contributed by atoms with Crippen molar-refractivity contribution in [3.63, 3.8) is 0 Å². The van der Waals surface area contributed by atoms with E-state index in [1.165, 1.54) is 19.2 Å². The van der Waals surface area contributed by atoms with E-state index in [1.807, 2.05) is 18.2 Å². The van der Waals surface area contributed by atoms with Crippen LogP contribution in [0.5, 0.6) is 5.75 Å². The normalized spacial score (nSPS) is 13.4. The zero-order valence-corrected chi connectivity index (χ0v) is 15.9. The summed E-state index contributed by atoms with van der Waals surface area (Å²) in [6.45, 7) is 0. The van der Waals surface area contributed by atoms with E-state index in [0.717, 1.165) is 24.2 Å². The van der Waals surface area contributed by atoms with Gasteiger partial charge in [0.25, 0.3) is 5.91 Å². The first-order valence-corrected chi connectivity index (χ1v) is 9.18. The zero-order chi connectivity index (χ0) is 19.0. The van der Waals surface area contributed by atoms with Crippen molar-refractivity contribution >= 4 is 34.8 Å². The summed E-state index contributed by atoms with van der Waals surface area (Å²) in [6, 6.07) is 10.4. The highest BCUT2D eigenvalue weighted by Gasteiger charge is 2.27. The molecule has 3 aromatic rings. The second kappa shape index (κ2) is 7.21. The van der Waals surface area contributed by atoms with Crippen LogP contribution in [0.4, 0.5) is 5.69 Å². The molecule has 0 spiro atoms.